The lowest BCUT2D eigenvalue weighted by Gasteiger charge is -2.08. The number of nitrogens with one attached hydrogen (secondary N) is 3. The van der Waals surface area contributed by atoms with Gasteiger partial charge in [-0.2, -0.15) is 0 Å². The zero-order valence-corrected chi connectivity index (χ0v) is 16.5. The Morgan fingerprint density at radius 2 is 1.92 bits per heavy atom. The van der Waals surface area contributed by atoms with Crippen LogP contribution in [-0.4, -0.2) is 17.6 Å². The van der Waals surface area contributed by atoms with E-state index in [1.165, 1.54) is 29.4 Å². The van der Waals surface area contributed by atoms with Crippen molar-refractivity contribution in [3.05, 3.63) is 64.3 Å². The highest BCUT2D eigenvalue weighted by Gasteiger charge is 2.06. The summed E-state index contributed by atoms with van der Waals surface area (Å²) in [7, 11) is 0. The molecule has 0 saturated carbocycles. The summed E-state index contributed by atoms with van der Waals surface area (Å²) in [6, 6.07) is 14.1. The van der Waals surface area contributed by atoms with Crippen LogP contribution in [0.5, 0.6) is 0 Å². The Labute approximate surface area is 162 Å². The van der Waals surface area contributed by atoms with Crippen molar-refractivity contribution >= 4 is 38.6 Å². The van der Waals surface area contributed by atoms with Crippen LogP contribution in [0.1, 0.15) is 30.9 Å². The van der Waals surface area contributed by atoms with Crippen molar-refractivity contribution in [3.8, 4) is 0 Å². The van der Waals surface area contributed by atoms with Gasteiger partial charge < -0.3 is 15.6 Å². The number of aromatic nitrogens is 1. The molecule has 0 radical (unpaired) electrons. The Morgan fingerprint density at radius 1 is 1.12 bits per heavy atom. The van der Waals surface area contributed by atoms with Crippen LogP contribution < -0.4 is 10.6 Å². The number of unbranched alkanes of at least 4 members (excludes halogenated alkanes) is 1. The summed E-state index contributed by atoms with van der Waals surface area (Å²) in [6.45, 7) is 2.77. The van der Waals surface area contributed by atoms with Crippen LogP contribution in [0.15, 0.2) is 53.1 Å². The second-order valence-electron chi connectivity index (χ2n) is 6.44. The van der Waals surface area contributed by atoms with Crippen molar-refractivity contribution in [2.45, 2.75) is 32.6 Å². The first kappa shape index (κ1) is 18.5. The lowest BCUT2D eigenvalue weighted by Crippen LogP contribution is -2.30. The fourth-order valence-corrected chi connectivity index (χ4v) is 3.34. The minimum Gasteiger partial charge on any atom is -0.361 e. The number of H-pyrrole nitrogens is 1. The lowest BCUT2D eigenvalue weighted by atomic mass is 10.1. The fourth-order valence-electron chi connectivity index (χ4n) is 2.98. The van der Waals surface area contributed by atoms with Crippen LogP contribution in [0.2, 0.25) is 0 Å². The van der Waals surface area contributed by atoms with Crippen molar-refractivity contribution in [2.24, 2.45) is 0 Å². The van der Waals surface area contributed by atoms with Gasteiger partial charge in [-0.15, -0.1) is 0 Å². The average molecular weight is 414 g/mol. The van der Waals surface area contributed by atoms with Crippen molar-refractivity contribution in [2.75, 3.05) is 11.9 Å². The minimum absolute atomic E-state index is 0.174. The van der Waals surface area contributed by atoms with E-state index in [2.05, 4.69) is 56.7 Å². The third kappa shape index (κ3) is 4.88. The van der Waals surface area contributed by atoms with Gasteiger partial charge in [0.25, 0.3) is 0 Å². The largest absolute Gasteiger partial charge is 0.361 e. The number of carbonyl (C=O) groups is 1. The van der Waals surface area contributed by atoms with E-state index in [4.69, 9.17) is 0 Å². The van der Waals surface area contributed by atoms with Crippen molar-refractivity contribution < 1.29 is 4.79 Å². The number of carbonyl (C=O) groups excluding carboxylic acids is 1. The van der Waals surface area contributed by atoms with Crippen LogP contribution in [0.3, 0.4) is 0 Å². The molecular weight excluding hydrogens is 390 g/mol. The summed E-state index contributed by atoms with van der Waals surface area (Å²) in [5, 5.41) is 6.99. The maximum atomic E-state index is 12.1. The molecule has 0 atom stereocenters. The monoisotopic (exact) mass is 413 g/mol. The summed E-state index contributed by atoms with van der Waals surface area (Å²) in [6.07, 6.45) is 6.25. The van der Waals surface area contributed by atoms with Crippen molar-refractivity contribution in [3.63, 3.8) is 0 Å². The van der Waals surface area contributed by atoms with E-state index in [1.807, 2.05) is 30.5 Å². The smallest absolute Gasteiger partial charge is 0.319 e. The summed E-state index contributed by atoms with van der Waals surface area (Å²) in [4.78, 5) is 15.3. The lowest BCUT2D eigenvalue weighted by molar-refractivity contribution is 0.252. The van der Waals surface area contributed by atoms with Gasteiger partial charge in [0.1, 0.15) is 0 Å². The van der Waals surface area contributed by atoms with E-state index in [-0.39, 0.29) is 6.03 Å². The number of urea groups is 1. The molecule has 3 aromatic rings. The zero-order chi connectivity index (χ0) is 18.4. The minimum atomic E-state index is -0.174. The predicted octanol–water partition coefficient (Wildman–Crippen LogP) is 5.64. The molecule has 0 fully saturated rings. The van der Waals surface area contributed by atoms with E-state index >= 15 is 0 Å². The number of fused-ring (bicyclic) bond motifs is 1. The summed E-state index contributed by atoms with van der Waals surface area (Å²) in [5.74, 6) is 0. The van der Waals surface area contributed by atoms with Gasteiger partial charge in [-0.3, -0.25) is 0 Å². The summed E-state index contributed by atoms with van der Waals surface area (Å²) >= 11 is 3.50. The number of halogens is 1. The third-order valence-electron chi connectivity index (χ3n) is 4.44. The SMILES string of the molecule is CCCCc1ccc(NC(=O)NCCc2c[nH]c3ccc(Br)cc23)cc1. The Balaban J connectivity index is 1.48. The molecular formula is C21H24BrN3O. The molecule has 0 unspecified atom stereocenters. The standard InChI is InChI=1S/C21H24BrN3O/c1-2-3-4-15-5-8-18(9-6-15)25-21(26)23-12-11-16-14-24-20-10-7-17(22)13-19(16)20/h5-10,13-14,24H,2-4,11-12H2,1H3,(H2,23,25,26). The maximum Gasteiger partial charge on any atom is 0.319 e. The van der Waals surface area contributed by atoms with Gasteiger partial charge in [0.2, 0.25) is 0 Å². The van der Waals surface area contributed by atoms with Crippen LogP contribution in [0.4, 0.5) is 10.5 Å². The molecule has 4 nitrogen and oxygen atoms in total. The Kier molecular flexibility index (Phi) is 6.34. The topological polar surface area (TPSA) is 56.9 Å². The van der Waals surface area contributed by atoms with Crippen LogP contribution in [0, 0.1) is 0 Å². The fraction of sp³-hybridized carbons (Fsp3) is 0.286. The van der Waals surface area contributed by atoms with Gasteiger partial charge in [-0.25, -0.2) is 4.79 Å². The Morgan fingerprint density at radius 3 is 2.69 bits per heavy atom. The molecule has 1 aromatic heterocycles. The first-order valence-electron chi connectivity index (χ1n) is 9.05. The summed E-state index contributed by atoms with van der Waals surface area (Å²) in [5.41, 5.74) is 4.43. The first-order valence-corrected chi connectivity index (χ1v) is 9.84. The number of benzene rings is 2. The molecule has 26 heavy (non-hydrogen) atoms. The molecule has 0 bridgehead atoms. The highest BCUT2D eigenvalue weighted by atomic mass is 79.9. The van der Waals surface area contributed by atoms with Crippen LogP contribution in [0.25, 0.3) is 10.9 Å². The molecule has 0 spiro atoms. The molecule has 0 aliphatic heterocycles. The van der Waals surface area contributed by atoms with Crippen LogP contribution in [-0.2, 0) is 12.8 Å². The molecule has 0 aliphatic carbocycles. The molecule has 3 N–H and O–H groups in total. The van der Waals surface area contributed by atoms with E-state index < -0.39 is 0 Å². The zero-order valence-electron chi connectivity index (χ0n) is 14.9. The third-order valence-corrected chi connectivity index (χ3v) is 4.93. The number of rotatable bonds is 7. The van der Waals surface area contributed by atoms with Gasteiger partial charge in [-0.1, -0.05) is 41.4 Å². The highest BCUT2D eigenvalue weighted by Crippen LogP contribution is 2.22. The van der Waals surface area contributed by atoms with Gasteiger partial charge >= 0.3 is 6.03 Å². The average Bonchev–Trinajstić information content (AvgIpc) is 3.03. The van der Waals surface area contributed by atoms with Crippen molar-refractivity contribution in [1.29, 1.82) is 0 Å². The van der Waals surface area contributed by atoms with Gasteiger partial charge in [0.15, 0.2) is 0 Å². The van der Waals surface area contributed by atoms with Crippen molar-refractivity contribution in [1.82, 2.24) is 10.3 Å². The normalized spacial score (nSPS) is 10.8. The van der Waals surface area contributed by atoms with Gasteiger partial charge in [0, 0.05) is 33.8 Å². The molecule has 2 aromatic carbocycles. The molecule has 136 valence electrons. The maximum absolute atomic E-state index is 12.1. The van der Waals surface area contributed by atoms with Gasteiger partial charge in [-0.05, 0) is 60.7 Å². The molecule has 3 rings (SSSR count). The quantitative estimate of drug-likeness (QED) is 0.461. The predicted molar refractivity (Wildman–Crippen MR) is 112 cm³/mol. The number of amides is 2. The number of aryl methyl sites for hydroxylation is 1. The number of aromatic amines is 1. The molecule has 1 heterocycles. The van der Waals surface area contributed by atoms with E-state index in [1.54, 1.807) is 0 Å². The molecule has 0 aliphatic rings. The van der Waals surface area contributed by atoms with E-state index in [0.717, 1.165) is 28.5 Å². The molecule has 5 heteroatoms. The van der Waals surface area contributed by atoms with E-state index in [0.29, 0.717) is 6.54 Å². The molecule has 2 amide bonds. The second kappa shape index (κ2) is 8.90. The highest BCUT2D eigenvalue weighted by molar-refractivity contribution is 9.10. The summed E-state index contributed by atoms with van der Waals surface area (Å²) < 4.78 is 1.05. The number of hydrogen-bond acceptors (Lipinski definition) is 1. The van der Waals surface area contributed by atoms with Crippen LogP contribution >= 0.6 is 15.9 Å². The van der Waals surface area contributed by atoms with Gasteiger partial charge in [0.05, 0.1) is 0 Å². The second-order valence-corrected chi connectivity index (χ2v) is 7.35. The molecule has 0 saturated heterocycles. The Hall–Kier alpha value is -2.27. The van der Waals surface area contributed by atoms with E-state index in [9.17, 15) is 4.79 Å². The number of anilines is 1. The Bertz CT molecular complexity index is 871. The number of hydrogen-bond donors (Lipinski definition) is 3. The first-order chi connectivity index (χ1) is 12.7.